The molecule has 0 radical (unpaired) electrons. The summed E-state index contributed by atoms with van der Waals surface area (Å²) in [6, 6.07) is 22.9. The van der Waals surface area contributed by atoms with Crippen molar-refractivity contribution in [2.75, 3.05) is 13.6 Å². The second kappa shape index (κ2) is 9.97. The van der Waals surface area contributed by atoms with Crippen LogP contribution in [0.15, 0.2) is 98.2 Å². The van der Waals surface area contributed by atoms with Gasteiger partial charge in [0.25, 0.3) is 10.0 Å². The summed E-state index contributed by atoms with van der Waals surface area (Å²) in [7, 11) is -2.63. The number of aliphatic imine (C=N–C) groups is 1. The summed E-state index contributed by atoms with van der Waals surface area (Å²) >= 11 is 12.0. The summed E-state index contributed by atoms with van der Waals surface area (Å²) < 4.78 is 30.1. The van der Waals surface area contributed by atoms with Crippen molar-refractivity contribution in [3.05, 3.63) is 100 Å². The molecule has 1 atom stereocenters. The Kier molecular flexibility index (Phi) is 7.02. The van der Waals surface area contributed by atoms with Gasteiger partial charge in [-0.15, -0.1) is 4.40 Å². The first-order valence-electron chi connectivity index (χ1n) is 10.3. The number of hydrogen-bond donors (Lipinski definition) is 1. The first kappa shape index (κ1) is 23.9. The third-order valence-electron chi connectivity index (χ3n) is 5.29. The lowest BCUT2D eigenvalue weighted by Gasteiger charge is -2.18. The number of halogens is 2. The molecule has 0 saturated heterocycles. The Morgan fingerprint density at radius 2 is 1.56 bits per heavy atom. The monoisotopic (exact) mass is 513 g/mol. The molecule has 1 heterocycles. The minimum atomic E-state index is -4.10. The molecule has 0 aromatic heterocycles. The van der Waals surface area contributed by atoms with Crippen molar-refractivity contribution in [1.29, 1.82) is 0 Å². The van der Waals surface area contributed by atoms with E-state index in [4.69, 9.17) is 34.0 Å². The number of benzene rings is 3. The smallest absolute Gasteiger partial charge is 0.284 e. The van der Waals surface area contributed by atoms with E-state index in [0.29, 0.717) is 16.6 Å². The molecule has 0 amide bonds. The maximum absolute atomic E-state index is 13.0. The number of nitrogens with two attached hydrogens (primary N) is 1. The Hall–Kier alpha value is -3.20. The van der Waals surface area contributed by atoms with E-state index >= 15 is 0 Å². The topological polar surface area (TPSA) is 100 Å². The number of rotatable bonds is 4. The van der Waals surface area contributed by atoms with Gasteiger partial charge in [0.15, 0.2) is 5.84 Å². The highest BCUT2D eigenvalue weighted by atomic mass is 35.5. The molecule has 1 unspecified atom stereocenters. The molecule has 34 heavy (non-hydrogen) atoms. The molecule has 0 bridgehead atoms. The molecule has 0 saturated carbocycles. The highest BCUT2D eigenvalue weighted by molar-refractivity contribution is 7.90. The Labute approximate surface area is 208 Å². The van der Waals surface area contributed by atoms with Crippen molar-refractivity contribution >= 4 is 50.6 Å². The molecular formula is C24H21Cl2N5O2S. The predicted octanol–water partition coefficient (Wildman–Crippen LogP) is 4.57. The van der Waals surface area contributed by atoms with Crippen molar-refractivity contribution in [2.24, 2.45) is 20.2 Å². The molecule has 1 aliphatic rings. The molecule has 1 aliphatic heterocycles. The van der Waals surface area contributed by atoms with Crippen molar-refractivity contribution in [2.45, 2.75) is 10.8 Å². The Balaban J connectivity index is 1.81. The van der Waals surface area contributed by atoms with Crippen LogP contribution < -0.4 is 5.73 Å². The number of hydrogen-bond acceptors (Lipinski definition) is 4. The number of sulfonamides is 1. The molecule has 4 rings (SSSR count). The number of hydrazone groups is 1. The van der Waals surface area contributed by atoms with Gasteiger partial charge >= 0.3 is 0 Å². The number of nitrogens with zero attached hydrogens (tertiary/aromatic N) is 4. The lowest BCUT2D eigenvalue weighted by atomic mass is 9.91. The zero-order chi connectivity index (χ0) is 24.3. The van der Waals surface area contributed by atoms with Gasteiger partial charge in [0.05, 0.1) is 17.2 Å². The van der Waals surface area contributed by atoms with Crippen LogP contribution in [0.5, 0.6) is 0 Å². The van der Waals surface area contributed by atoms with Crippen molar-refractivity contribution in [3.63, 3.8) is 0 Å². The minimum Gasteiger partial charge on any atom is -0.381 e. The first-order chi connectivity index (χ1) is 16.3. The van der Waals surface area contributed by atoms with Crippen molar-refractivity contribution < 1.29 is 8.42 Å². The predicted molar refractivity (Wildman–Crippen MR) is 137 cm³/mol. The maximum atomic E-state index is 13.0. The fourth-order valence-electron chi connectivity index (χ4n) is 3.56. The quantitative estimate of drug-likeness (QED) is 0.407. The van der Waals surface area contributed by atoms with Crippen LogP contribution >= 0.6 is 23.2 Å². The van der Waals surface area contributed by atoms with Crippen LogP contribution in [0.25, 0.3) is 0 Å². The van der Waals surface area contributed by atoms with Gasteiger partial charge in [0.1, 0.15) is 0 Å². The van der Waals surface area contributed by atoms with Gasteiger partial charge in [-0.05, 0) is 47.5 Å². The Morgan fingerprint density at radius 3 is 2.15 bits per heavy atom. The standard InChI is InChI=1S/C24H21Cl2N5O2S/c1-28-23(27)24(30-34(32,33)20-13-11-19(26)12-14-20)31-15-21(16-5-3-2-4-6-16)22(29-31)17-7-9-18(25)10-8-17/h2-14,21H,15H2,1H3,(H2,27,28)/b30-24+. The summed E-state index contributed by atoms with van der Waals surface area (Å²) in [5.74, 6) is -0.261. The molecule has 3 aromatic rings. The van der Waals surface area contributed by atoms with Gasteiger partial charge in [-0.3, -0.25) is 4.99 Å². The largest absolute Gasteiger partial charge is 0.381 e. The van der Waals surface area contributed by atoms with Gasteiger partial charge in [-0.2, -0.15) is 13.5 Å². The fraction of sp³-hybridized carbons (Fsp3) is 0.125. The Morgan fingerprint density at radius 1 is 0.971 bits per heavy atom. The summed E-state index contributed by atoms with van der Waals surface area (Å²) in [4.78, 5) is 3.97. The maximum Gasteiger partial charge on any atom is 0.284 e. The average Bonchev–Trinajstić information content (AvgIpc) is 3.28. The molecule has 174 valence electrons. The molecule has 3 aromatic carbocycles. The van der Waals surface area contributed by atoms with Crippen LogP contribution in [0.1, 0.15) is 17.0 Å². The highest BCUT2D eigenvalue weighted by Crippen LogP contribution is 2.30. The van der Waals surface area contributed by atoms with Crippen LogP contribution in [0, 0.1) is 0 Å². The van der Waals surface area contributed by atoms with E-state index in [2.05, 4.69) is 9.39 Å². The summed E-state index contributed by atoms with van der Waals surface area (Å²) in [5, 5.41) is 7.24. The van der Waals surface area contributed by atoms with Gasteiger partial charge < -0.3 is 5.73 Å². The van der Waals surface area contributed by atoms with Gasteiger partial charge in [0.2, 0.25) is 5.84 Å². The molecule has 0 fully saturated rings. The molecule has 0 aliphatic carbocycles. The van der Waals surface area contributed by atoms with E-state index in [0.717, 1.165) is 16.8 Å². The molecule has 7 nitrogen and oxygen atoms in total. The van der Waals surface area contributed by atoms with E-state index in [-0.39, 0.29) is 22.5 Å². The molecular weight excluding hydrogens is 493 g/mol. The van der Waals surface area contributed by atoms with Crippen LogP contribution in [-0.4, -0.2) is 44.4 Å². The lowest BCUT2D eigenvalue weighted by Crippen LogP contribution is -2.38. The van der Waals surface area contributed by atoms with Gasteiger partial charge in [-0.1, -0.05) is 65.7 Å². The minimum absolute atomic E-state index is 0.0148. The average molecular weight is 514 g/mol. The van der Waals surface area contributed by atoms with E-state index in [1.54, 1.807) is 12.1 Å². The summed E-state index contributed by atoms with van der Waals surface area (Å²) in [5.41, 5.74) is 8.71. The van der Waals surface area contributed by atoms with Gasteiger partial charge in [-0.25, -0.2) is 5.01 Å². The van der Waals surface area contributed by atoms with E-state index in [9.17, 15) is 8.42 Å². The first-order valence-corrected chi connectivity index (χ1v) is 12.5. The summed E-state index contributed by atoms with van der Waals surface area (Å²) in [6.45, 7) is 0.327. The van der Waals surface area contributed by atoms with Crippen LogP contribution in [0.4, 0.5) is 0 Å². The molecule has 0 spiro atoms. The number of amidine groups is 2. The summed E-state index contributed by atoms with van der Waals surface area (Å²) in [6.07, 6.45) is 0. The Bertz CT molecular complexity index is 1370. The second-order valence-corrected chi connectivity index (χ2v) is 9.97. The third-order valence-corrected chi connectivity index (χ3v) is 7.07. The molecule has 2 N–H and O–H groups in total. The normalized spacial score (nSPS) is 17.1. The van der Waals surface area contributed by atoms with Gasteiger partial charge in [0, 0.05) is 23.0 Å². The zero-order valence-electron chi connectivity index (χ0n) is 18.1. The SMILES string of the molecule is CN=C(N)/C(=N\S(=O)(=O)c1ccc(Cl)cc1)N1CC(c2ccccc2)C(c2ccc(Cl)cc2)=N1. The van der Waals surface area contributed by atoms with Crippen LogP contribution in [0.2, 0.25) is 10.0 Å². The van der Waals surface area contributed by atoms with Crippen molar-refractivity contribution in [1.82, 2.24) is 5.01 Å². The third kappa shape index (κ3) is 5.14. The zero-order valence-corrected chi connectivity index (χ0v) is 20.5. The molecule has 10 heteroatoms. The second-order valence-electron chi connectivity index (χ2n) is 7.49. The van der Waals surface area contributed by atoms with E-state index in [1.807, 2.05) is 42.5 Å². The van der Waals surface area contributed by atoms with E-state index in [1.165, 1.54) is 36.3 Å². The fourth-order valence-corrected chi connectivity index (χ4v) is 4.81. The van der Waals surface area contributed by atoms with Crippen molar-refractivity contribution in [3.8, 4) is 0 Å². The lowest BCUT2D eigenvalue weighted by molar-refractivity contribution is 0.480. The van der Waals surface area contributed by atoms with E-state index < -0.39 is 10.0 Å². The van der Waals surface area contributed by atoms with Crippen LogP contribution in [0.3, 0.4) is 0 Å². The highest BCUT2D eigenvalue weighted by Gasteiger charge is 2.33. The van der Waals surface area contributed by atoms with Crippen LogP contribution in [-0.2, 0) is 10.0 Å².